The molecule has 0 saturated carbocycles. The number of carbonyl (C=O) groups is 2. The summed E-state index contributed by atoms with van der Waals surface area (Å²) in [4.78, 5) is 26.0. The van der Waals surface area contributed by atoms with Gasteiger partial charge >= 0.3 is 5.97 Å². The number of ether oxygens (including phenoxy) is 7. The van der Waals surface area contributed by atoms with E-state index in [9.17, 15) is 24.9 Å². The maximum Gasteiger partial charge on any atom is 0.331 e. The Balaban J connectivity index is 1.86. The summed E-state index contributed by atoms with van der Waals surface area (Å²) in [5.74, 6) is -2.02. The predicted molar refractivity (Wildman–Crippen MR) is 222 cm³/mol. The molecule has 332 valence electrons. The summed E-state index contributed by atoms with van der Waals surface area (Å²) in [6.07, 6.45) is 11.9. The van der Waals surface area contributed by atoms with E-state index in [1.54, 1.807) is 47.8 Å². The van der Waals surface area contributed by atoms with E-state index in [1.165, 1.54) is 11.0 Å². The third-order valence-corrected chi connectivity index (χ3v) is 12.8. The van der Waals surface area contributed by atoms with Crippen LogP contribution in [0.25, 0.3) is 0 Å². The molecule has 3 aliphatic rings. The minimum atomic E-state index is -0.889. The molecule has 0 aromatic rings. The zero-order valence-corrected chi connectivity index (χ0v) is 36.9. The van der Waals surface area contributed by atoms with Gasteiger partial charge in [-0.2, -0.15) is 0 Å². The smallest absolute Gasteiger partial charge is 0.331 e. The molecule has 1 saturated heterocycles. The summed E-state index contributed by atoms with van der Waals surface area (Å²) in [7, 11) is 8.21. The zero-order chi connectivity index (χ0) is 43.2. The molecule has 1 fully saturated rings. The van der Waals surface area contributed by atoms with Crippen LogP contribution < -0.4 is 0 Å². The Hall–Kier alpha value is -2.46. The van der Waals surface area contributed by atoms with E-state index in [0.717, 1.165) is 18.4 Å². The molecule has 58 heavy (non-hydrogen) atoms. The molecule has 3 rings (SSSR count). The minimum Gasteiger partial charge on any atom is -0.458 e. The first-order chi connectivity index (χ1) is 27.5. The van der Waals surface area contributed by atoms with E-state index in [4.69, 9.17) is 33.2 Å². The molecule has 1 spiro atoms. The lowest BCUT2D eigenvalue weighted by Crippen LogP contribution is -2.50. The fourth-order valence-corrected chi connectivity index (χ4v) is 8.80. The highest BCUT2D eigenvalue weighted by atomic mass is 16.6. The second kappa shape index (κ2) is 24.1. The molecule has 0 aliphatic carbocycles. The number of carbonyl (C=O) groups excluding carboxylic acids is 2. The fourth-order valence-electron chi connectivity index (χ4n) is 8.80. The molecule has 0 aromatic carbocycles. The molecule has 3 N–H and O–H groups in total. The first-order valence-corrected chi connectivity index (χ1v) is 21.1. The molecule has 2 unspecified atom stereocenters. The molecular formula is C45H75NO12. The van der Waals surface area contributed by atoms with Gasteiger partial charge in [0.1, 0.15) is 11.7 Å². The van der Waals surface area contributed by atoms with Gasteiger partial charge in [-0.1, -0.05) is 70.6 Å². The number of amides is 1. The number of nitrogens with zero attached hydrogens (tertiary/aromatic N) is 1. The quantitative estimate of drug-likeness (QED) is 0.0812. The number of hydrogen-bond acceptors (Lipinski definition) is 12. The van der Waals surface area contributed by atoms with Gasteiger partial charge in [0, 0.05) is 90.7 Å². The molecule has 3 aliphatic heterocycles. The Morgan fingerprint density at radius 2 is 1.66 bits per heavy atom. The second-order valence-corrected chi connectivity index (χ2v) is 17.1. The van der Waals surface area contributed by atoms with Crippen molar-refractivity contribution >= 4 is 12.4 Å². The number of epoxide rings is 1. The Labute approximate surface area is 347 Å². The molecular weight excluding hydrogens is 746 g/mol. The van der Waals surface area contributed by atoms with Crippen LogP contribution in [0.3, 0.4) is 0 Å². The van der Waals surface area contributed by atoms with Crippen molar-refractivity contribution < 1.29 is 58.1 Å². The first-order valence-electron chi connectivity index (χ1n) is 21.1. The molecule has 2 bridgehead atoms. The van der Waals surface area contributed by atoms with E-state index < -0.39 is 54.1 Å². The molecule has 13 heteroatoms. The van der Waals surface area contributed by atoms with Gasteiger partial charge in [0.05, 0.1) is 61.5 Å². The van der Waals surface area contributed by atoms with Crippen molar-refractivity contribution in [2.45, 2.75) is 153 Å². The Kier molecular flexibility index (Phi) is 20.7. The molecule has 13 nitrogen and oxygen atoms in total. The zero-order valence-electron chi connectivity index (χ0n) is 36.9. The lowest BCUT2D eigenvalue weighted by molar-refractivity contribution is -0.159. The van der Waals surface area contributed by atoms with Crippen LogP contribution >= 0.6 is 0 Å². The average molecular weight is 822 g/mol. The van der Waals surface area contributed by atoms with Crippen molar-refractivity contribution in [1.82, 2.24) is 4.90 Å². The van der Waals surface area contributed by atoms with Gasteiger partial charge in [0.15, 0.2) is 0 Å². The summed E-state index contributed by atoms with van der Waals surface area (Å²) in [6.45, 7) is 12.0. The van der Waals surface area contributed by atoms with Gasteiger partial charge in [0.2, 0.25) is 6.41 Å². The minimum absolute atomic E-state index is 0.0676. The van der Waals surface area contributed by atoms with Crippen molar-refractivity contribution in [2.24, 2.45) is 29.6 Å². The Morgan fingerprint density at radius 3 is 2.26 bits per heavy atom. The summed E-state index contributed by atoms with van der Waals surface area (Å²) < 4.78 is 43.0. The molecule has 3 heterocycles. The molecule has 1 amide bonds. The number of cyclic esters (lactones) is 1. The van der Waals surface area contributed by atoms with Crippen LogP contribution in [0.4, 0.5) is 0 Å². The number of aliphatic hydroxyl groups excluding tert-OH is 3. The summed E-state index contributed by atoms with van der Waals surface area (Å²) in [5.41, 5.74) is 0.0593. The lowest BCUT2D eigenvalue weighted by Gasteiger charge is -2.39. The number of aliphatic hydroxyl groups is 3. The second-order valence-electron chi connectivity index (χ2n) is 17.1. The number of esters is 1. The van der Waals surface area contributed by atoms with Crippen LogP contribution in [0.2, 0.25) is 0 Å². The standard InChI is InChI=1S/C45H75NO12/c1-28-15-18-34(48)23-35-13-12-14-36(57-35)24-39(53-9)45(26-56-45)40(54-10)25-38(52-8)32(5)44(58-41(50)20-16-28)33(6)42(51)29(2)17-19-37(49)31(4)43(55-11)30(3)21-22-46(7)27-47/h12-13,15-16,20-22,27,29-40,42-44,48-49,51H,14,17-19,23-26H2,1-11H3/b20-16-,22-21+,28-15-/t29-,30+,31-,32-,33-,34-,35?,36-,37?,38+,39-,40-,42-,43+,44-,45-/m0/s1. The van der Waals surface area contributed by atoms with Crippen molar-refractivity contribution in [3.63, 3.8) is 0 Å². The third-order valence-electron chi connectivity index (χ3n) is 12.8. The molecule has 0 radical (unpaired) electrons. The maximum atomic E-state index is 13.5. The summed E-state index contributed by atoms with van der Waals surface area (Å²) >= 11 is 0. The maximum absolute atomic E-state index is 13.5. The van der Waals surface area contributed by atoms with Gasteiger partial charge in [-0.15, -0.1) is 0 Å². The highest BCUT2D eigenvalue weighted by Crippen LogP contribution is 2.43. The largest absolute Gasteiger partial charge is 0.458 e. The van der Waals surface area contributed by atoms with Crippen LogP contribution in [0.15, 0.2) is 48.2 Å². The van der Waals surface area contributed by atoms with Gasteiger partial charge < -0.3 is 53.4 Å². The van der Waals surface area contributed by atoms with Gasteiger partial charge in [-0.25, -0.2) is 4.79 Å². The van der Waals surface area contributed by atoms with Crippen LogP contribution in [0.5, 0.6) is 0 Å². The average Bonchev–Trinajstić information content (AvgIpc) is 4.02. The number of allylic oxidation sites excluding steroid dienone is 2. The van der Waals surface area contributed by atoms with E-state index in [0.29, 0.717) is 45.1 Å². The summed E-state index contributed by atoms with van der Waals surface area (Å²) in [6, 6.07) is 0. The molecule has 0 aromatic heterocycles. The number of fused-ring (bicyclic) bond motifs is 2. The van der Waals surface area contributed by atoms with Gasteiger partial charge in [-0.3, -0.25) is 4.79 Å². The van der Waals surface area contributed by atoms with E-state index >= 15 is 0 Å². The van der Waals surface area contributed by atoms with Crippen LogP contribution in [0.1, 0.15) is 86.5 Å². The van der Waals surface area contributed by atoms with E-state index in [2.05, 4.69) is 6.08 Å². The van der Waals surface area contributed by atoms with Crippen molar-refractivity contribution in [3.8, 4) is 0 Å². The number of methoxy groups -OCH3 is 4. The van der Waals surface area contributed by atoms with Crippen molar-refractivity contribution in [2.75, 3.05) is 42.1 Å². The van der Waals surface area contributed by atoms with E-state index in [-0.39, 0.29) is 48.1 Å². The van der Waals surface area contributed by atoms with Gasteiger partial charge in [-0.05, 0) is 38.5 Å². The van der Waals surface area contributed by atoms with E-state index in [1.807, 2.05) is 59.8 Å². The van der Waals surface area contributed by atoms with Crippen molar-refractivity contribution in [1.29, 1.82) is 0 Å². The first kappa shape index (κ1) is 49.9. The summed E-state index contributed by atoms with van der Waals surface area (Å²) in [5, 5.41) is 34.0. The Morgan fingerprint density at radius 1 is 0.983 bits per heavy atom. The third kappa shape index (κ3) is 14.1. The van der Waals surface area contributed by atoms with Gasteiger partial charge in [0.25, 0.3) is 0 Å². The highest BCUT2D eigenvalue weighted by molar-refractivity contribution is 5.82. The molecule has 16 atom stereocenters. The number of rotatable bonds is 16. The monoisotopic (exact) mass is 822 g/mol. The predicted octanol–water partition coefficient (Wildman–Crippen LogP) is 5.16. The normalized spacial score (nSPS) is 35.4. The highest BCUT2D eigenvalue weighted by Gasteiger charge is 2.59. The SMILES string of the molecule is CO[C@H]([C@H](C)/C=C/N(C)C=O)[C@@H](C)C(O)CC[C@H](C)[C@H](O)[C@H](C)[C@H]1OC(=O)/C=C\C(C)=C/C[C@H](O)CC2C=CC[C@@H](C[C@H](OC)[C@@]3(CO3)[C@@H](OC)C[C@@H](OC)[C@@H]1C)O2. The lowest BCUT2D eigenvalue weighted by atomic mass is 9.78. The van der Waals surface area contributed by atoms with Crippen LogP contribution in [-0.4, -0.2) is 141 Å². The fraction of sp³-hybridized carbons (Fsp3) is 0.778. The van der Waals surface area contributed by atoms with Crippen LogP contribution in [0, 0.1) is 29.6 Å². The van der Waals surface area contributed by atoms with Crippen molar-refractivity contribution in [3.05, 3.63) is 48.2 Å². The van der Waals surface area contributed by atoms with Crippen LogP contribution in [-0.2, 0) is 42.7 Å². The topological polar surface area (TPSA) is 166 Å². The Bertz CT molecular complexity index is 1360. The number of hydrogen-bond donors (Lipinski definition) is 3.